The van der Waals surface area contributed by atoms with Crippen LogP contribution in [-0.2, 0) is 0 Å². The third-order valence-corrected chi connectivity index (χ3v) is 3.26. The van der Waals surface area contributed by atoms with Gasteiger partial charge in [0.15, 0.2) is 5.75 Å². The number of ether oxygens (including phenoxy) is 1. The Labute approximate surface area is 123 Å². The van der Waals surface area contributed by atoms with E-state index in [1.807, 2.05) is 72.8 Å². The zero-order chi connectivity index (χ0) is 14.7. The van der Waals surface area contributed by atoms with Crippen molar-refractivity contribution in [1.29, 1.82) is 0 Å². The first-order valence-electron chi connectivity index (χ1n) is 6.72. The van der Waals surface area contributed by atoms with Crippen LogP contribution >= 0.6 is 0 Å². The Morgan fingerprint density at radius 3 is 1.95 bits per heavy atom. The Hall–Kier alpha value is -2.94. The van der Waals surface area contributed by atoms with E-state index in [4.69, 9.17) is 16.2 Å². The number of nitrogen functional groups attached to an aromatic ring is 2. The second-order valence-electron chi connectivity index (χ2n) is 4.73. The fourth-order valence-electron chi connectivity index (χ4n) is 2.23. The Balaban J connectivity index is 2.10. The van der Waals surface area contributed by atoms with Crippen molar-refractivity contribution in [3.63, 3.8) is 0 Å². The monoisotopic (exact) mass is 276 g/mol. The van der Waals surface area contributed by atoms with Gasteiger partial charge in [-0.3, -0.25) is 0 Å². The molecule has 3 aromatic rings. The normalized spacial score (nSPS) is 10.3. The fourth-order valence-corrected chi connectivity index (χ4v) is 2.23. The molecule has 0 atom stereocenters. The lowest BCUT2D eigenvalue weighted by Gasteiger charge is -2.15. The predicted molar refractivity (Wildman–Crippen MR) is 87.2 cm³/mol. The predicted octanol–water partition coefficient (Wildman–Crippen LogP) is 4.31. The topological polar surface area (TPSA) is 61.3 Å². The van der Waals surface area contributed by atoms with Crippen LogP contribution in [0.2, 0.25) is 0 Å². The van der Waals surface area contributed by atoms with E-state index in [0.29, 0.717) is 17.1 Å². The second-order valence-corrected chi connectivity index (χ2v) is 4.73. The quantitative estimate of drug-likeness (QED) is 0.701. The van der Waals surface area contributed by atoms with Crippen molar-refractivity contribution in [3.8, 4) is 22.6 Å². The van der Waals surface area contributed by atoms with Gasteiger partial charge in [0, 0.05) is 16.8 Å². The molecule has 0 aliphatic rings. The zero-order valence-corrected chi connectivity index (χ0v) is 11.5. The van der Waals surface area contributed by atoms with Crippen molar-refractivity contribution >= 4 is 11.4 Å². The molecule has 3 nitrogen and oxygen atoms in total. The van der Waals surface area contributed by atoms with Gasteiger partial charge in [0.1, 0.15) is 5.75 Å². The molecule has 21 heavy (non-hydrogen) atoms. The number of para-hydroxylation sites is 3. The Morgan fingerprint density at radius 2 is 1.19 bits per heavy atom. The van der Waals surface area contributed by atoms with Gasteiger partial charge < -0.3 is 16.2 Å². The van der Waals surface area contributed by atoms with Gasteiger partial charge in [-0.05, 0) is 24.3 Å². The van der Waals surface area contributed by atoms with Crippen molar-refractivity contribution in [2.24, 2.45) is 0 Å². The van der Waals surface area contributed by atoms with Crippen LogP contribution in [0, 0.1) is 0 Å². The van der Waals surface area contributed by atoms with Crippen molar-refractivity contribution in [2.75, 3.05) is 11.5 Å². The fraction of sp³-hybridized carbons (Fsp3) is 0. The summed E-state index contributed by atoms with van der Waals surface area (Å²) in [5.74, 6) is 1.37. The minimum Gasteiger partial charge on any atom is -0.455 e. The average Bonchev–Trinajstić information content (AvgIpc) is 2.51. The molecule has 0 heterocycles. The molecule has 0 saturated heterocycles. The van der Waals surface area contributed by atoms with Crippen LogP contribution in [0.5, 0.6) is 11.5 Å². The molecule has 0 aliphatic carbocycles. The maximum atomic E-state index is 6.09. The molecule has 0 aromatic heterocycles. The molecular formula is C18H16N2O. The number of anilines is 2. The maximum absolute atomic E-state index is 6.09. The summed E-state index contributed by atoms with van der Waals surface area (Å²) < 4.78 is 5.97. The first-order valence-corrected chi connectivity index (χ1v) is 6.72. The highest BCUT2D eigenvalue weighted by molar-refractivity contribution is 5.84. The van der Waals surface area contributed by atoms with E-state index >= 15 is 0 Å². The Kier molecular flexibility index (Phi) is 3.48. The van der Waals surface area contributed by atoms with E-state index in [1.54, 1.807) is 0 Å². The van der Waals surface area contributed by atoms with Crippen molar-refractivity contribution < 1.29 is 4.74 Å². The van der Waals surface area contributed by atoms with Crippen molar-refractivity contribution in [3.05, 3.63) is 72.8 Å². The van der Waals surface area contributed by atoms with Crippen LogP contribution in [0.1, 0.15) is 0 Å². The lowest BCUT2D eigenvalue weighted by atomic mass is 10.0. The highest BCUT2D eigenvalue weighted by Crippen LogP contribution is 2.39. The van der Waals surface area contributed by atoms with E-state index in [0.717, 1.165) is 16.9 Å². The Bertz CT molecular complexity index is 754. The molecule has 0 unspecified atom stereocenters. The molecular weight excluding hydrogens is 260 g/mol. The maximum Gasteiger partial charge on any atom is 0.158 e. The smallest absolute Gasteiger partial charge is 0.158 e. The summed E-state index contributed by atoms with van der Waals surface area (Å²) in [4.78, 5) is 0. The van der Waals surface area contributed by atoms with Gasteiger partial charge in [-0.25, -0.2) is 0 Å². The molecule has 0 radical (unpaired) electrons. The third kappa shape index (κ3) is 2.67. The van der Waals surface area contributed by atoms with Crippen LogP contribution in [0.3, 0.4) is 0 Å². The molecule has 0 saturated carbocycles. The second kappa shape index (κ2) is 5.59. The summed E-state index contributed by atoms with van der Waals surface area (Å²) in [5.41, 5.74) is 15.2. The first-order chi connectivity index (χ1) is 10.3. The number of rotatable bonds is 3. The SMILES string of the molecule is Nc1ccccc1-c1cccc(N)c1Oc1ccccc1. The van der Waals surface area contributed by atoms with Gasteiger partial charge in [-0.2, -0.15) is 0 Å². The van der Waals surface area contributed by atoms with Crippen molar-refractivity contribution in [1.82, 2.24) is 0 Å². The molecule has 0 aliphatic heterocycles. The van der Waals surface area contributed by atoms with E-state index in [9.17, 15) is 0 Å². The van der Waals surface area contributed by atoms with Crippen molar-refractivity contribution in [2.45, 2.75) is 0 Å². The standard InChI is InChI=1S/C18H16N2O/c19-16-11-5-4-9-14(16)15-10-6-12-17(20)18(15)21-13-7-2-1-3-8-13/h1-12H,19-20H2. The highest BCUT2D eigenvalue weighted by atomic mass is 16.5. The summed E-state index contributed by atoms with van der Waals surface area (Å²) in [6.07, 6.45) is 0. The number of hydrogen-bond acceptors (Lipinski definition) is 3. The van der Waals surface area contributed by atoms with E-state index in [-0.39, 0.29) is 0 Å². The average molecular weight is 276 g/mol. The van der Waals surface area contributed by atoms with Gasteiger partial charge in [0.05, 0.1) is 5.69 Å². The molecule has 3 aromatic carbocycles. The Morgan fingerprint density at radius 1 is 0.571 bits per heavy atom. The summed E-state index contributed by atoms with van der Waals surface area (Å²) in [5, 5.41) is 0. The van der Waals surface area contributed by atoms with Gasteiger partial charge in [-0.15, -0.1) is 0 Å². The summed E-state index contributed by atoms with van der Waals surface area (Å²) in [7, 11) is 0. The van der Waals surface area contributed by atoms with E-state index in [1.165, 1.54) is 0 Å². The van der Waals surface area contributed by atoms with Crippen LogP contribution < -0.4 is 16.2 Å². The minimum atomic E-state index is 0.583. The molecule has 104 valence electrons. The summed E-state index contributed by atoms with van der Waals surface area (Å²) in [6, 6.07) is 22.9. The van der Waals surface area contributed by atoms with Gasteiger partial charge in [0.25, 0.3) is 0 Å². The van der Waals surface area contributed by atoms with E-state index < -0.39 is 0 Å². The number of nitrogens with two attached hydrogens (primary N) is 2. The highest BCUT2D eigenvalue weighted by Gasteiger charge is 2.12. The summed E-state index contributed by atoms with van der Waals surface area (Å²) >= 11 is 0. The minimum absolute atomic E-state index is 0.583. The van der Waals surface area contributed by atoms with Crippen LogP contribution in [0.25, 0.3) is 11.1 Å². The molecule has 4 N–H and O–H groups in total. The summed E-state index contributed by atoms with van der Waals surface area (Å²) in [6.45, 7) is 0. The van der Waals surface area contributed by atoms with Gasteiger partial charge >= 0.3 is 0 Å². The van der Waals surface area contributed by atoms with Gasteiger partial charge in [0.2, 0.25) is 0 Å². The van der Waals surface area contributed by atoms with E-state index in [2.05, 4.69) is 0 Å². The third-order valence-electron chi connectivity index (χ3n) is 3.26. The molecule has 3 heteroatoms. The zero-order valence-electron chi connectivity index (χ0n) is 11.5. The number of benzene rings is 3. The van der Waals surface area contributed by atoms with Gasteiger partial charge in [-0.1, -0.05) is 48.5 Å². The number of hydrogen-bond donors (Lipinski definition) is 2. The lowest BCUT2D eigenvalue weighted by Crippen LogP contribution is -1.96. The van der Waals surface area contributed by atoms with Crippen LogP contribution in [0.4, 0.5) is 11.4 Å². The molecule has 0 amide bonds. The molecule has 0 bridgehead atoms. The molecule has 3 rings (SSSR count). The van der Waals surface area contributed by atoms with Crippen LogP contribution in [-0.4, -0.2) is 0 Å². The van der Waals surface area contributed by atoms with Crippen LogP contribution in [0.15, 0.2) is 72.8 Å². The largest absolute Gasteiger partial charge is 0.455 e. The first kappa shape index (κ1) is 13.1. The lowest BCUT2D eigenvalue weighted by molar-refractivity contribution is 0.487. The molecule has 0 spiro atoms. The molecule has 0 fully saturated rings.